The molecule has 1 aromatic carbocycles. The second-order valence-electron chi connectivity index (χ2n) is 5.04. The zero-order valence-corrected chi connectivity index (χ0v) is 11.9. The average molecular weight is 290 g/mol. The van der Waals surface area contributed by atoms with E-state index in [1.54, 1.807) is 22.9 Å². The Bertz CT molecular complexity index is 651. The SMILES string of the molecule is Cc1cc(C)n(-c2cccc(C(O)C(O)CC(=O)O)c2)n1. The maximum absolute atomic E-state index is 10.6. The Morgan fingerprint density at radius 2 is 2.00 bits per heavy atom. The van der Waals surface area contributed by atoms with Gasteiger partial charge in [-0.3, -0.25) is 4.79 Å². The highest BCUT2D eigenvalue weighted by Gasteiger charge is 2.21. The van der Waals surface area contributed by atoms with Crippen LogP contribution in [0.4, 0.5) is 0 Å². The van der Waals surface area contributed by atoms with Gasteiger partial charge >= 0.3 is 5.97 Å². The number of rotatable bonds is 5. The molecule has 6 heteroatoms. The van der Waals surface area contributed by atoms with Crippen molar-refractivity contribution in [2.24, 2.45) is 0 Å². The molecule has 2 atom stereocenters. The maximum Gasteiger partial charge on any atom is 0.306 e. The first-order valence-corrected chi connectivity index (χ1v) is 6.60. The minimum Gasteiger partial charge on any atom is -0.481 e. The lowest BCUT2D eigenvalue weighted by Crippen LogP contribution is -2.21. The number of aliphatic carboxylic acids is 1. The topological polar surface area (TPSA) is 95.6 Å². The molecule has 0 fully saturated rings. The zero-order valence-electron chi connectivity index (χ0n) is 11.9. The minimum absolute atomic E-state index is 0.453. The van der Waals surface area contributed by atoms with E-state index >= 15 is 0 Å². The third-order valence-electron chi connectivity index (χ3n) is 3.21. The summed E-state index contributed by atoms with van der Waals surface area (Å²) in [5.74, 6) is -1.16. The molecule has 2 unspecified atom stereocenters. The molecule has 2 rings (SSSR count). The molecule has 0 aliphatic heterocycles. The van der Waals surface area contributed by atoms with Gasteiger partial charge in [0.25, 0.3) is 0 Å². The van der Waals surface area contributed by atoms with Crippen molar-refractivity contribution in [2.45, 2.75) is 32.5 Å². The van der Waals surface area contributed by atoms with Crippen LogP contribution < -0.4 is 0 Å². The zero-order chi connectivity index (χ0) is 15.6. The molecule has 3 N–H and O–H groups in total. The van der Waals surface area contributed by atoms with Crippen LogP contribution in [-0.4, -0.2) is 37.2 Å². The summed E-state index contributed by atoms with van der Waals surface area (Å²) >= 11 is 0. The summed E-state index contributed by atoms with van der Waals surface area (Å²) in [5.41, 5.74) is 3.03. The minimum atomic E-state index is -1.35. The second kappa shape index (κ2) is 6.07. The molecule has 0 aliphatic rings. The number of carbonyl (C=O) groups is 1. The molecule has 21 heavy (non-hydrogen) atoms. The van der Waals surface area contributed by atoms with Gasteiger partial charge in [0.15, 0.2) is 0 Å². The molecule has 0 aliphatic carbocycles. The molecule has 1 heterocycles. The van der Waals surface area contributed by atoms with E-state index < -0.39 is 24.6 Å². The van der Waals surface area contributed by atoms with Gasteiger partial charge < -0.3 is 15.3 Å². The van der Waals surface area contributed by atoms with E-state index in [4.69, 9.17) is 5.11 Å². The number of carboxylic acid groups (broad SMARTS) is 1. The lowest BCUT2D eigenvalue weighted by Gasteiger charge is -2.17. The Kier molecular flexibility index (Phi) is 4.40. The van der Waals surface area contributed by atoms with E-state index in [0.29, 0.717) is 5.56 Å². The summed E-state index contributed by atoms with van der Waals surface area (Å²) in [6, 6.07) is 8.83. The van der Waals surface area contributed by atoms with Crippen molar-refractivity contribution in [1.82, 2.24) is 9.78 Å². The van der Waals surface area contributed by atoms with E-state index in [9.17, 15) is 15.0 Å². The average Bonchev–Trinajstić information content (AvgIpc) is 2.76. The van der Waals surface area contributed by atoms with Gasteiger partial charge in [-0.25, -0.2) is 4.68 Å². The van der Waals surface area contributed by atoms with Gasteiger partial charge in [0.1, 0.15) is 6.10 Å². The Morgan fingerprint density at radius 1 is 1.29 bits per heavy atom. The number of hydrogen-bond acceptors (Lipinski definition) is 4. The number of benzene rings is 1. The van der Waals surface area contributed by atoms with Crippen LogP contribution in [0.1, 0.15) is 29.5 Å². The summed E-state index contributed by atoms with van der Waals surface area (Å²) < 4.78 is 1.73. The predicted octanol–water partition coefficient (Wildman–Crippen LogP) is 1.36. The van der Waals surface area contributed by atoms with Crippen LogP contribution in [0.2, 0.25) is 0 Å². The fourth-order valence-electron chi connectivity index (χ4n) is 2.24. The summed E-state index contributed by atoms with van der Waals surface area (Å²) in [5, 5.41) is 32.8. The van der Waals surface area contributed by atoms with Gasteiger partial charge in [-0.1, -0.05) is 12.1 Å². The van der Waals surface area contributed by atoms with Gasteiger partial charge in [-0.05, 0) is 37.6 Å². The quantitative estimate of drug-likeness (QED) is 0.772. The molecule has 6 nitrogen and oxygen atoms in total. The molecule has 0 spiro atoms. The fraction of sp³-hybridized carbons (Fsp3) is 0.333. The standard InChI is InChI=1S/C15H18N2O4/c1-9-6-10(2)17(16-9)12-5-3-4-11(7-12)15(21)13(18)8-14(19)20/h3-7,13,15,18,21H,8H2,1-2H3,(H,19,20). The van der Waals surface area contributed by atoms with Crippen LogP contribution in [0, 0.1) is 13.8 Å². The van der Waals surface area contributed by atoms with Gasteiger partial charge in [-0.15, -0.1) is 0 Å². The van der Waals surface area contributed by atoms with Crippen LogP contribution in [0.15, 0.2) is 30.3 Å². The first kappa shape index (κ1) is 15.2. The second-order valence-corrected chi connectivity index (χ2v) is 5.04. The summed E-state index contributed by atoms with van der Waals surface area (Å²) in [4.78, 5) is 10.6. The molecule has 0 amide bonds. The number of carboxylic acids is 1. The summed E-state index contributed by atoms with van der Waals surface area (Å²) in [6.45, 7) is 3.81. The maximum atomic E-state index is 10.6. The lowest BCUT2D eigenvalue weighted by atomic mass is 10.0. The van der Waals surface area contributed by atoms with E-state index in [1.165, 1.54) is 0 Å². The highest BCUT2D eigenvalue weighted by molar-refractivity contribution is 5.67. The fourth-order valence-corrected chi connectivity index (χ4v) is 2.24. The number of hydrogen-bond donors (Lipinski definition) is 3. The van der Waals surface area contributed by atoms with Crippen LogP contribution >= 0.6 is 0 Å². The third-order valence-corrected chi connectivity index (χ3v) is 3.21. The van der Waals surface area contributed by atoms with Crippen LogP contribution in [0.3, 0.4) is 0 Å². The van der Waals surface area contributed by atoms with Crippen molar-refractivity contribution in [3.05, 3.63) is 47.3 Å². The van der Waals surface area contributed by atoms with Gasteiger partial charge in [-0.2, -0.15) is 5.10 Å². The summed E-state index contributed by atoms with van der Waals surface area (Å²) in [6.07, 6.45) is -3.11. The number of aryl methyl sites for hydroxylation is 2. The Hall–Kier alpha value is -2.18. The molecule has 0 bridgehead atoms. The molecular weight excluding hydrogens is 272 g/mol. The Labute approximate surface area is 122 Å². The number of aromatic nitrogens is 2. The molecule has 2 aromatic rings. The van der Waals surface area contributed by atoms with Crippen LogP contribution in [0.5, 0.6) is 0 Å². The molecule has 0 saturated heterocycles. The number of nitrogens with zero attached hydrogens (tertiary/aromatic N) is 2. The van der Waals surface area contributed by atoms with E-state index in [2.05, 4.69) is 5.10 Å². The monoisotopic (exact) mass is 290 g/mol. The van der Waals surface area contributed by atoms with Gasteiger partial charge in [0.2, 0.25) is 0 Å². The van der Waals surface area contributed by atoms with Crippen molar-refractivity contribution in [2.75, 3.05) is 0 Å². The van der Waals surface area contributed by atoms with Gasteiger partial charge in [0.05, 0.1) is 23.9 Å². The van der Waals surface area contributed by atoms with Crippen LogP contribution in [-0.2, 0) is 4.79 Å². The molecular formula is C15H18N2O4. The Balaban J connectivity index is 2.29. The first-order valence-electron chi connectivity index (χ1n) is 6.60. The van der Waals surface area contributed by atoms with Crippen molar-refractivity contribution in [3.8, 4) is 5.69 Å². The van der Waals surface area contributed by atoms with Crippen molar-refractivity contribution >= 4 is 5.97 Å². The molecule has 0 radical (unpaired) electrons. The highest BCUT2D eigenvalue weighted by atomic mass is 16.4. The van der Waals surface area contributed by atoms with Gasteiger partial charge in [0, 0.05) is 5.69 Å². The van der Waals surface area contributed by atoms with E-state index in [0.717, 1.165) is 17.1 Å². The highest BCUT2D eigenvalue weighted by Crippen LogP contribution is 2.22. The Morgan fingerprint density at radius 3 is 2.57 bits per heavy atom. The van der Waals surface area contributed by atoms with E-state index in [-0.39, 0.29) is 0 Å². The number of aliphatic hydroxyl groups is 2. The smallest absolute Gasteiger partial charge is 0.306 e. The van der Waals surface area contributed by atoms with E-state index in [1.807, 2.05) is 26.0 Å². The van der Waals surface area contributed by atoms with Crippen molar-refractivity contribution in [3.63, 3.8) is 0 Å². The van der Waals surface area contributed by atoms with Crippen molar-refractivity contribution < 1.29 is 20.1 Å². The normalized spacial score (nSPS) is 13.9. The summed E-state index contributed by atoms with van der Waals surface area (Å²) in [7, 11) is 0. The number of aliphatic hydroxyl groups excluding tert-OH is 2. The predicted molar refractivity (Wildman–Crippen MR) is 76.3 cm³/mol. The first-order chi connectivity index (χ1) is 9.88. The van der Waals surface area contributed by atoms with Crippen molar-refractivity contribution in [1.29, 1.82) is 0 Å². The molecule has 1 aromatic heterocycles. The molecule has 112 valence electrons. The largest absolute Gasteiger partial charge is 0.481 e. The third kappa shape index (κ3) is 3.48. The van der Waals surface area contributed by atoms with Crippen LogP contribution in [0.25, 0.3) is 5.69 Å². The molecule has 0 saturated carbocycles. The lowest BCUT2D eigenvalue weighted by molar-refractivity contribution is -0.141.